The average molecular weight is 277 g/mol. The zero-order chi connectivity index (χ0) is 13.5. The molecular weight excluding hydrogens is 262 g/mol. The smallest absolute Gasteiger partial charge is 0.175 e. The Kier molecular flexibility index (Phi) is 2.91. The van der Waals surface area contributed by atoms with Crippen molar-refractivity contribution in [3.8, 4) is 0 Å². The van der Waals surface area contributed by atoms with Gasteiger partial charge >= 0.3 is 0 Å². The lowest BCUT2D eigenvalue weighted by atomic mass is 9.98. The Bertz CT molecular complexity index is 689. The molecule has 6 heteroatoms. The standard InChI is InChI=1S/C13H15N3O2S/c1-19(17,18)10-4-2-9(3-5-10)12-13-11(6-7-14-12)15-8-16-13/h2-5,8,12,14H,6-7H2,1H3,(H,15,16)/t12-/m1/s1. The number of benzene rings is 1. The second-order valence-corrected chi connectivity index (χ2v) is 6.76. The summed E-state index contributed by atoms with van der Waals surface area (Å²) >= 11 is 0. The van der Waals surface area contributed by atoms with Crippen LogP contribution < -0.4 is 5.32 Å². The predicted molar refractivity (Wildman–Crippen MR) is 71.7 cm³/mol. The van der Waals surface area contributed by atoms with Crippen molar-refractivity contribution in [1.29, 1.82) is 0 Å². The monoisotopic (exact) mass is 277 g/mol. The molecule has 2 heterocycles. The minimum Gasteiger partial charge on any atom is -0.348 e. The van der Waals surface area contributed by atoms with Gasteiger partial charge in [-0.25, -0.2) is 13.4 Å². The number of hydrogen-bond donors (Lipinski definition) is 2. The minimum atomic E-state index is -3.14. The lowest BCUT2D eigenvalue weighted by molar-refractivity contribution is 0.553. The fourth-order valence-electron chi connectivity index (χ4n) is 2.40. The van der Waals surface area contributed by atoms with Gasteiger partial charge in [0.05, 0.1) is 23.0 Å². The van der Waals surface area contributed by atoms with E-state index < -0.39 is 9.84 Å². The third-order valence-corrected chi connectivity index (χ3v) is 4.52. The van der Waals surface area contributed by atoms with E-state index in [4.69, 9.17) is 0 Å². The molecule has 1 aliphatic heterocycles. The zero-order valence-corrected chi connectivity index (χ0v) is 11.4. The molecule has 0 unspecified atom stereocenters. The van der Waals surface area contributed by atoms with Crippen LogP contribution in [0.5, 0.6) is 0 Å². The van der Waals surface area contributed by atoms with E-state index in [0.29, 0.717) is 4.90 Å². The maximum absolute atomic E-state index is 11.4. The highest BCUT2D eigenvalue weighted by Gasteiger charge is 2.23. The lowest BCUT2D eigenvalue weighted by Crippen LogP contribution is -2.30. The number of H-pyrrole nitrogens is 1. The summed E-state index contributed by atoms with van der Waals surface area (Å²) in [5.74, 6) is 0. The van der Waals surface area contributed by atoms with Crippen LogP contribution in [0.1, 0.15) is 23.0 Å². The Hall–Kier alpha value is -1.66. The summed E-state index contributed by atoms with van der Waals surface area (Å²) in [5, 5.41) is 3.40. The Morgan fingerprint density at radius 3 is 2.68 bits per heavy atom. The molecule has 0 spiro atoms. The molecule has 0 saturated carbocycles. The Labute approximate surface area is 112 Å². The van der Waals surface area contributed by atoms with E-state index in [0.717, 1.165) is 29.9 Å². The summed E-state index contributed by atoms with van der Waals surface area (Å²) in [6.07, 6.45) is 3.86. The maximum Gasteiger partial charge on any atom is 0.175 e. The summed E-state index contributed by atoms with van der Waals surface area (Å²) < 4.78 is 22.9. The average Bonchev–Trinajstić information content (AvgIpc) is 2.86. The van der Waals surface area contributed by atoms with E-state index in [1.807, 2.05) is 12.1 Å². The largest absolute Gasteiger partial charge is 0.348 e. The molecule has 1 aliphatic rings. The number of imidazole rings is 1. The normalized spacial score (nSPS) is 19.1. The van der Waals surface area contributed by atoms with E-state index in [1.165, 1.54) is 6.26 Å². The third kappa shape index (κ3) is 2.29. The zero-order valence-electron chi connectivity index (χ0n) is 10.6. The molecule has 0 fully saturated rings. The van der Waals surface area contributed by atoms with E-state index in [1.54, 1.807) is 18.5 Å². The van der Waals surface area contributed by atoms with Gasteiger partial charge in [0.2, 0.25) is 0 Å². The van der Waals surface area contributed by atoms with Crippen molar-refractivity contribution in [2.24, 2.45) is 0 Å². The molecule has 0 amide bonds. The minimum absolute atomic E-state index is 0.0311. The highest BCUT2D eigenvalue weighted by atomic mass is 32.2. The van der Waals surface area contributed by atoms with Gasteiger partial charge in [-0.05, 0) is 17.7 Å². The van der Waals surface area contributed by atoms with E-state index >= 15 is 0 Å². The molecule has 100 valence electrons. The number of nitrogens with zero attached hydrogens (tertiary/aromatic N) is 1. The van der Waals surface area contributed by atoms with Gasteiger partial charge in [0, 0.05) is 24.9 Å². The lowest BCUT2D eigenvalue weighted by Gasteiger charge is -2.23. The molecule has 0 bridgehead atoms. The number of nitrogens with one attached hydrogen (secondary N) is 2. The molecule has 19 heavy (non-hydrogen) atoms. The van der Waals surface area contributed by atoms with Crippen LogP contribution in [0.4, 0.5) is 0 Å². The van der Waals surface area contributed by atoms with Crippen LogP contribution in [-0.4, -0.2) is 31.2 Å². The van der Waals surface area contributed by atoms with Crippen LogP contribution >= 0.6 is 0 Å². The van der Waals surface area contributed by atoms with Crippen molar-refractivity contribution in [2.45, 2.75) is 17.4 Å². The number of fused-ring (bicyclic) bond motifs is 1. The van der Waals surface area contributed by atoms with E-state index in [2.05, 4.69) is 15.3 Å². The molecule has 0 radical (unpaired) electrons. The van der Waals surface area contributed by atoms with Crippen LogP contribution in [0.2, 0.25) is 0 Å². The number of aromatic amines is 1. The summed E-state index contributed by atoms with van der Waals surface area (Å²) in [6, 6.07) is 7.01. The number of hydrogen-bond acceptors (Lipinski definition) is 4. The van der Waals surface area contributed by atoms with Gasteiger partial charge in [-0.3, -0.25) is 0 Å². The molecular formula is C13H15N3O2S. The van der Waals surface area contributed by atoms with Crippen LogP contribution in [0.15, 0.2) is 35.5 Å². The number of rotatable bonds is 2. The van der Waals surface area contributed by atoms with Crippen molar-refractivity contribution in [2.75, 3.05) is 12.8 Å². The number of aromatic nitrogens is 2. The van der Waals surface area contributed by atoms with Crippen molar-refractivity contribution in [1.82, 2.24) is 15.3 Å². The van der Waals surface area contributed by atoms with Crippen molar-refractivity contribution in [3.05, 3.63) is 47.5 Å². The van der Waals surface area contributed by atoms with Gasteiger partial charge in [0.1, 0.15) is 0 Å². The molecule has 1 atom stereocenters. The van der Waals surface area contributed by atoms with Crippen LogP contribution in [0.3, 0.4) is 0 Å². The second-order valence-electron chi connectivity index (χ2n) is 4.74. The van der Waals surface area contributed by atoms with Crippen molar-refractivity contribution >= 4 is 9.84 Å². The SMILES string of the molecule is CS(=O)(=O)c1ccc([C@H]2NCCc3[nH]cnc32)cc1. The molecule has 2 aromatic rings. The van der Waals surface area contributed by atoms with E-state index in [-0.39, 0.29) is 6.04 Å². The molecule has 0 saturated heterocycles. The predicted octanol–water partition coefficient (Wildman–Crippen LogP) is 1.05. The number of sulfone groups is 1. The van der Waals surface area contributed by atoms with Crippen LogP contribution in [-0.2, 0) is 16.3 Å². The fraction of sp³-hybridized carbons (Fsp3) is 0.308. The Morgan fingerprint density at radius 2 is 2.00 bits per heavy atom. The quantitative estimate of drug-likeness (QED) is 0.860. The summed E-state index contributed by atoms with van der Waals surface area (Å²) in [7, 11) is -3.14. The molecule has 3 rings (SSSR count). The third-order valence-electron chi connectivity index (χ3n) is 3.39. The summed E-state index contributed by atoms with van der Waals surface area (Å²) in [6.45, 7) is 0.883. The Balaban J connectivity index is 1.97. The first-order valence-electron chi connectivity index (χ1n) is 6.11. The second kappa shape index (κ2) is 4.47. The van der Waals surface area contributed by atoms with Crippen LogP contribution in [0, 0.1) is 0 Å². The van der Waals surface area contributed by atoms with Gasteiger partial charge < -0.3 is 10.3 Å². The highest BCUT2D eigenvalue weighted by molar-refractivity contribution is 7.90. The molecule has 5 nitrogen and oxygen atoms in total. The molecule has 2 N–H and O–H groups in total. The first-order valence-corrected chi connectivity index (χ1v) is 8.00. The fourth-order valence-corrected chi connectivity index (χ4v) is 3.03. The van der Waals surface area contributed by atoms with Crippen molar-refractivity contribution in [3.63, 3.8) is 0 Å². The van der Waals surface area contributed by atoms with Gasteiger partial charge in [-0.15, -0.1) is 0 Å². The first kappa shape index (κ1) is 12.4. The van der Waals surface area contributed by atoms with Gasteiger partial charge in [-0.2, -0.15) is 0 Å². The van der Waals surface area contributed by atoms with Gasteiger partial charge in [-0.1, -0.05) is 12.1 Å². The van der Waals surface area contributed by atoms with Crippen molar-refractivity contribution < 1.29 is 8.42 Å². The molecule has 1 aromatic heterocycles. The highest BCUT2D eigenvalue weighted by Crippen LogP contribution is 2.26. The van der Waals surface area contributed by atoms with Gasteiger partial charge in [0.15, 0.2) is 9.84 Å². The molecule has 0 aliphatic carbocycles. The Morgan fingerprint density at radius 1 is 1.26 bits per heavy atom. The topological polar surface area (TPSA) is 74.8 Å². The summed E-state index contributed by atoms with van der Waals surface area (Å²) in [5.41, 5.74) is 3.18. The maximum atomic E-state index is 11.4. The summed E-state index contributed by atoms with van der Waals surface area (Å²) in [4.78, 5) is 7.84. The van der Waals surface area contributed by atoms with E-state index in [9.17, 15) is 8.42 Å². The van der Waals surface area contributed by atoms with Gasteiger partial charge in [0.25, 0.3) is 0 Å². The molecule has 1 aromatic carbocycles. The first-order chi connectivity index (χ1) is 9.05. The van der Waals surface area contributed by atoms with Crippen LogP contribution in [0.25, 0.3) is 0 Å².